The predicted molar refractivity (Wildman–Crippen MR) is 117 cm³/mol. The average Bonchev–Trinajstić information content (AvgIpc) is 2.77. The molecule has 2 aromatic rings. The standard InChI is InChI=1S/C22H28N4O4S/c1-16(27)26-20-8-10-21(11-9-20)31(29,30)25-15-17-4-6-19(7-5-17)22(28)24-14-18-3-2-12-23-13-18/h2-3,8-13,17,19,25H,4-7,14-15H2,1H3,(H,24,28)(H,26,27). The minimum atomic E-state index is -3.62. The van der Waals surface area contributed by atoms with Crippen LogP contribution in [0.5, 0.6) is 0 Å². The molecule has 0 atom stereocenters. The fourth-order valence-electron chi connectivity index (χ4n) is 3.70. The third-order valence-corrected chi connectivity index (χ3v) is 6.89. The Morgan fingerprint density at radius 1 is 1.06 bits per heavy atom. The van der Waals surface area contributed by atoms with Crippen LogP contribution >= 0.6 is 0 Å². The van der Waals surface area contributed by atoms with Crippen molar-refractivity contribution in [2.45, 2.75) is 44.0 Å². The molecule has 0 saturated heterocycles. The first kappa shape index (κ1) is 22.9. The van der Waals surface area contributed by atoms with Gasteiger partial charge in [-0.2, -0.15) is 0 Å². The summed E-state index contributed by atoms with van der Waals surface area (Å²) in [5.74, 6) is -0.00103. The van der Waals surface area contributed by atoms with Gasteiger partial charge in [-0.25, -0.2) is 13.1 Å². The zero-order valence-electron chi connectivity index (χ0n) is 17.5. The van der Waals surface area contributed by atoms with Crippen LogP contribution in [0.3, 0.4) is 0 Å². The lowest BCUT2D eigenvalue weighted by molar-refractivity contribution is -0.126. The zero-order chi connectivity index (χ0) is 22.3. The summed E-state index contributed by atoms with van der Waals surface area (Å²) in [4.78, 5) is 27.7. The minimum Gasteiger partial charge on any atom is -0.352 e. The van der Waals surface area contributed by atoms with Crippen molar-refractivity contribution in [2.24, 2.45) is 11.8 Å². The van der Waals surface area contributed by atoms with E-state index >= 15 is 0 Å². The molecule has 1 saturated carbocycles. The van der Waals surface area contributed by atoms with Crippen LogP contribution in [0.25, 0.3) is 0 Å². The number of amides is 2. The fraction of sp³-hybridized carbons (Fsp3) is 0.409. The van der Waals surface area contributed by atoms with Crippen LogP contribution in [0, 0.1) is 11.8 Å². The number of nitrogens with one attached hydrogen (secondary N) is 3. The van der Waals surface area contributed by atoms with Gasteiger partial charge in [0.15, 0.2) is 0 Å². The van der Waals surface area contributed by atoms with Crippen molar-refractivity contribution in [1.82, 2.24) is 15.0 Å². The largest absolute Gasteiger partial charge is 0.352 e. The summed E-state index contributed by atoms with van der Waals surface area (Å²) in [6, 6.07) is 9.82. The van der Waals surface area contributed by atoms with Crippen LogP contribution < -0.4 is 15.4 Å². The highest BCUT2D eigenvalue weighted by Gasteiger charge is 2.27. The molecule has 1 aliphatic carbocycles. The zero-order valence-corrected chi connectivity index (χ0v) is 18.3. The van der Waals surface area contributed by atoms with E-state index in [0.29, 0.717) is 18.8 Å². The summed E-state index contributed by atoms with van der Waals surface area (Å²) >= 11 is 0. The summed E-state index contributed by atoms with van der Waals surface area (Å²) in [6.07, 6.45) is 6.52. The van der Waals surface area contributed by atoms with Gasteiger partial charge in [-0.1, -0.05) is 6.07 Å². The normalized spacial score (nSPS) is 18.9. The number of carbonyl (C=O) groups excluding carboxylic acids is 2. The summed E-state index contributed by atoms with van der Waals surface area (Å²) in [5.41, 5.74) is 1.51. The van der Waals surface area contributed by atoms with Crippen molar-refractivity contribution in [3.8, 4) is 0 Å². The van der Waals surface area contributed by atoms with Gasteiger partial charge in [0.05, 0.1) is 4.90 Å². The molecule has 3 N–H and O–H groups in total. The van der Waals surface area contributed by atoms with Crippen LogP contribution in [0.15, 0.2) is 53.7 Å². The number of rotatable bonds is 8. The first-order valence-corrected chi connectivity index (χ1v) is 11.9. The molecule has 0 bridgehead atoms. The van der Waals surface area contributed by atoms with Gasteiger partial charge in [-0.05, 0) is 67.5 Å². The molecule has 1 fully saturated rings. The van der Waals surface area contributed by atoms with Crippen molar-refractivity contribution in [3.63, 3.8) is 0 Å². The maximum Gasteiger partial charge on any atom is 0.240 e. The number of hydrogen-bond donors (Lipinski definition) is 3. The van der Waals surface area contributed by atoms with Gasteiger partial charge in [-0.3, -0.25) is 14.6 Å². The summed E-state index contributed by atoms with van der Waals surface area (Å²) in [5, 5.41) is 5.57. The molecule has 1 heterocycles. The van der Waals surface area contributed by atoms with Crippen LogP contribution in [0.4, 0.5) is 5.69 Å². The van der Waals surface area contributed by atoms with Crippen LogP contribution in [0.2, 0.25) is 0 Å². The quantitative estimate of drug-likeness (QED) is 0.578. The monoisotopic (exact) mass is 444 g/mol. The lowest BCUT2D eigenvalue weighted by atomic mass is 9.81. The Morgan fingerprint density at radius 2 is 1.77 bits per heavy atom. The second kappa shape index (κ2) is 10.5. The molecule has 8 nitrogen and oxygen atoms in total. The van der Waals surface area contributed by atoms with E-state index in [1.165, 1.54) is 19.1 Å². The topological polar surface area (TPSA) is 117 Å². The van der Waals surface area contributed by atoms with Gasteiger partial charge in [0.25, 0.3) is 0 Å². The van der Waals surface area contributed by atoms with Gasteiger partial charge >= 0.3 is 0 Å². The number of aromatic nitrogens is 1. The van der Waals surface area contributed by atoms with Crippen LogP contribution in [-0.2, 0) is 26.2 Å². The number of pyridine rings is 1. The Labute approximate surface area is 182 Å². The van der Waals surface area contributed by atoms with Crippen molar-refractivity contribution < 1.29 is 18.0 Å². The number of carbonyl (C=O) groups is 2. The molecular weight excluding hydrogens is 416 g/mol. The van der Waals surface area contributed by atoms with E-state index in [2.05, 4.69) is 20.3 Å². The minimum absolute atomic E-state index is 0.0363. The molecule has 31 heavy (non-hydrogen) atoms. The smallest absolute Gasteiger partial charge is 0.240 e. The molecule has 2 amide bonds. The molecule has 166 valence electrons. The van der Waals surface area contributed by atoms with E-state index < -0.39 is 10.0 Å². The van der Waals surface area contributed by atoms with Gasteiger partial charge in [-0.15, -0.1) is 0 Å². The highest BCUT2D eigenvalue weighted by Crippen LogP contribution is 2.29. The highest BCUT2D eigenvalue weighted by molar-refractivity contribution is 7.89. The molecule has 9 heteroatoms. The number of benzene rings is 1. The molecule has 3 rings (SSSR count). The number of sulfonamides is 1. The van der Waals surface area contributed by atoms with Crippen molar-refractivity contribution in [3.05, 3.63) is 54.4 Å². The number of anilines is 1. The second-order valence-electron chi connectivity index (χ2n) is 7.85. The Hall–Kier alpha value is -2.78. The third-order valence-electron chi connectivity index (χ3n) is 5.45. The average molecular weight is 445 g/mol. The molecule has 0 radical (unpaired) electrons. The van der Waals surface area contributed by atoms with Crippen molar-refractivity contribution in [2.75, 3.05) is 11.9 Å². The number of nitrogens with zero attached hydrogens (tertiary/aromatic N) is 1. The molecule has 0 unspecified atom stereocenters. The summed E-state index contributed by atoms with van der Waals surface area (Å²) in [6.45, 7) is 2.21. The second-order valence-corrected chi connectivity index (χ2v) is 9.62. The van der Waals surface area contributed by atoms with Crippen LogP contribution in [0.1, 0.15) is 38.2 Å². The SMILES string of the molecule is CC(=O)Nc1ccc(S(=O)(=O)NCC2CCC(C(=O)NCc3cccnc3)CC2)cc1. The highest BCUT2D eigenvalue weighted by atomic mass is 32.2. The molecule has 0 aliphatic heterocycles. The Morgan fingerprint density at radius 3 is 2.39 bits per heavy atom. The lowest BCUT2D eigenvalue weighted by Crippen LogP contribution is -2.36. The molecule has 1 aromatic carbocycles. The molecule has 1 aromatic heterocycles. The Kier molecular flexibility index (Phi) is 7.75. The van der Waals surface area contributed by atoms with Gasteiger partial charge < -0.3 is 10.6 Å². The summed E-state index contributed by atoms with van der Waals surface area (Å²) in [7, 11) is -3.62. The van der Waals surface area contributed by atoms with E-state index in [-0.39, 0.29) is 28.5 Å². The van der Waals surface area contributed by atoms with Gasteiger partial charge in [0, 0.05) is 44.0 Å². The Balaban J connectivity index is 1.43. The van der Waals surface area contributed by atoms with Gasteiger partial charge in [0.2, 0.25) is 21.8 Å². The third kappa shape index (κ3) is 6.86. The molecule has 0 spiro atoms. The maximum atomic E-state index is 12.5. The first-order valence-electron chi connectivity index (χ1n) is 10.4. The predicted octanol–water partition coefficient (Wildman–Crippen LogP) is 2.44. The lowest BCUT2D eigenvalue weighted by Gasteiger charge is -2.27. The van der Waals surface area contributed by atoms with E-state index in [0.717, 1.165) is 31.2 Å². The number of hydrogen-bond acceptors (Lipinski definition) is 5. The Bertz CT molecular complexity index is 986. The van der Waals surface area contributed by atoms with Crippen molar-refractivity contribution in [1.29, 1.82) is 0 Å². The van der Waals surface area contributed by atoms with E-state index in [9.17, 15) is 18.0 Å². The van der Waals surface area contributed by atoms with Gasteiger partial charge in [0.1, 0.15) is 0 Å². The summed E-state index contributed by atoms with van der Waals surface area (Å²) < 4.78 is 27.7. The van der Waals surface area contributed by atoms with Crippen molar-refractivity contribution >= 4 is 27.5 Å². The first-order chi connectivity index (χ1) is 14.8. The van der Waals surface area contributed by atoms with E-state index in [1.54, 1.807) is 24.5 Å². The van der Waals surface area contributed by atoms with Crippen LogP contribution in [-0.4, -0.2) is 31.8 Å². The fourth-order valence-corrected chi connectivity index (χ4v) is 4.81. The maximum absolute atomic E-state index is 12.5. The molecular formula is C22H28N4O4S. The molecule has 1 aliphatic rings. The van der Waals surface area contributed by atoms with E-state index in [1.807, 2.05) is 12.1 Å². The van der Waals surface area contributed by atoms with E-state index in [4.69, 9.17) is 0 Å².